The topological polar surface area (TPSA) is 50.9 Å². The Labute approximate surface area is 354 Å². The van der Waals surface area contributed by atoms with E-state index in [-0.39, 0.29) is 16.6 Å². The van der Waals surface area contributed by atoms with E-state index in [9.17, 15) is 5.11 Å². The van der Waals surface area contributed by atoms with Gasteiger partial charge in [0, 0.05) is 28.4 Å². The molecule has 0 fully saturated rings. The molecule has 4 heteroatoms. The summed E-state index contributed by atoms with van der Waals surface area (Å²) in [7, 11) is 0. The number of aromatic hydroxyl groups is 1. The van der Waals surface area contributed by atoms with E-state index in [1.807, 2.05) is 18.3 Å². The van der Waals surface area contributed by atoms with E-state index in [4.69, 9.17) is 9.97 Å². The molecule has 0 saturated carbocycles. The summed E-state index contributed by atoms with van der Waals surface area (Å²) in [6.45, 7) is 20.0. The van der Waals surface area contributed by atoms with Crippen LogP contribution >= 0.6 is 0 Å². The molecule has 0 bridgehead atoms. The van der Waals surface area contributed by atoms with Crippen LogP contribution in [0.1, 0.15) is 83.6 Å². The molecule has 0 radical (unpaired) electrons. The minimum absolute atomic E-state index is 0.00831. The van der Waals surface area contributed by atoms with Crippen LogP contribution in [0.5, 0.6) is 5.75 Å². The first-order valence-electron chi connectivity index (χ1n) is 21.2. The quantitative estimate of drug-likeness (QED) is 0.183. The summed E-state index contributed by atoms with van der Waals surface area (Å²) in [5.41, 5.74) is 15.8. The van der Waals surface area contributed by atoms with Gasteiger partial charge in [0.1, 0.15) is 11.6 Å². The maximum absolute atomic E-state index is 11.7. The highest BCUT2D eigenvalue weighted by Crippen LogP contribution is 2.43. The van der Waals surface area contributed by atoms with Crippen molar-refractivity contribution in [2.45, 2.75) is 79.1 Å². The van der Waals surface area contributed by atoms with Gasteiger partial charge >= 0.3 is 0 Å². The zero-order valence-corrected chi connectivity index (χ0v) is 36.2. The Morgan fingerprint density at radius 1 is 0.550 bits per heavy atom. The highest BCUT2D eigenvalue weighted by Gasteiger charge is 2.25. The lowest BCUT2D eigenvalue weighted by Crippen LogP contribution is -2.11. The molecule has 0 aliphatic carbocycles. The summed E-state index contributed by atoms with van der Waals surface area (Å²) >= 11 is 0. The van der Waals surface area contributed by atoms with Crippen LogP contribution in [0.15, 0.2) is 146 Å². The lowest BCUT2D eigenvalue weighted by Gasteiger charge is -2.21. The molecule has 7 aromatic carbocycles. The van der Waals surface area contributed by atoms with Gasteiger partial charge in [-0.2, -0.15) is 0 Å². The lowest BCUT2D eigenvalue weighted by molar-refractivity contribution is 0.475. The van der Waals surface area contributed by atoms with E-state index in [0.29, 0.717) is 17.3 Å². The van der Waals surface area contributed by atoms with Crippen molar-refractivity contribution in [2.75, 3.05) is 0 Å². The van der Waals surface area contributed by atoms with E-state index in [2.05, 4.69) is 194 Å². The van der Waals surface area contributed by atoms with E-state index < -0.39 is 0 Å². The summed E-state index contributed by atoms with van der Waals surface area (Å²) in [5.74, 6) is 1.25. The lowest BCUT2D eigenvalue weighted by atomic mass is 9.86. The van der Waals surface area contributed by atoms with Gasteiger partial charge < -0.3 is 5.11 Å². The van der Waals surface area contributed by atoms with Gasteiger partial charge in [0.05, 0.1) is 22.1 Å². The number of phenols is 1. The molecular weight excluding hydrogens is 731 g/mol. The normalized spacial score (nSPS) is 12.3. The fourth-order valence-corrected chi connectivity index (χ4v) is 8.58. The third-order valence-corrected chi connectivity index (χ3v) is 12.2. The molecule has 9 aromatic rings. The maximum atomic E-state index is 11.7. The average molecular weight is 784 g/mol. The molecule has 0 aliphatic rings. The smallest absolute Gasteiger partial charge is 0.149 e. The molecule has 9 rings (SSSR count). The number of aromatic nitrogens is 3. The van der Waals surface area contributed by atoms with Crippen LogP contribution in [0.4, 0.5) is 0 Å². The summed E-state index contributed by atoms with van der Waals surface area (Å²) in [4.78, 5) is 10.5. The van der Waals surface area contributed by atoms with Gasteiger partial charge in [0.25, 0.3) is 0 Å². The molecule has 4 nitrogen and oxygen atoms in total. The van der Waals surface area contributed by atoms with Crippen LogP contribution in [0.3, 0.4) is 0 Å². The second-order valence-corrected chi connectivity index (χ2v) is 18.8. The van der Waals surface area contributed by atoms with Crippen molar-refractivity contribution in [3.63, 3.8) is 0 Å². The molecule has 1 N–H and O–H groups in total. The number of nitrogens with zero attached hydrogens (tertiary/aromatic N) is 3. The van der Waals surface area contributed by atoms with Crippen molar-refractivity contribution in [3.05, 3.63) is 168 Å². The van der Waals surface area contributed by atoms with E-state index in [1.165, 1.54) is 32.8 Å². The Balaban J connectivity index is 1.38. The molecule has 298 valence electrons. The standard InChI is InChI=1S/C56H53N3O/c1-34(2)39-29-46-35(3)26-27-57-52(46)47(30-39)37-16-12-17-38(28-37)48-31-40(45-19-13-15-36-14-10-11-18-44(36)45)32-50-53(48)58-54(49-33-42(56(7,8)9)22-25-51(49)60)59(50)43-23-20-41(21-24-43)55(4,5)6/h10-34,60H,1-9H3. The average Bonchev–Trinajstić information content (AvgIpc) is 3.61. The van der Waals surface area contributed by atoms with Crippen LogP contribution in [-0.2, 0) is 10.8 Å². The monoisotopic (exact) mass is 783 g/mol. The number of phenolic OH excluding ortho intramolecular Hbond substituents is 1. The minimum atomic E-state index is -0.134. The van der Waals surface area contributed by atoms with E-state index in [1.54, 1.807) is 0 Å². The number of hydrogen-bond donors (Lipinski definition) is 1. The Morgan fingerprint density at radius 2 is 1.22 bits per heavy atom. The largest absolute Gasteiger partial charge is 0.507 e. The predicted molar refractivity (Wildman–Crippen MR) is 254 cm³/mol. The van der Waals surface area contributed by atoms with Crippen molar-refractivity contribution in [1.82, 2.24) is 14.5 Å². The van der Waals surface area contributed by atoms with Gasteiger partial charge in [-0.05, 0) is 140 Å². The van der Waals surface area contributed by atoms with Crippen LogP contribution in [0.25, 0.3) is 83.2 Å². The van der Waals surface area contributed by atoms with Crippen molar-refractivity contribution >= 4 is 32.7 Å². The Hall–Kier alpha value is -6.52. The van der Waals surface area contributed by atoms with Crippen molar-refractivity contribution in [1.29, 1.82) is 0 Å². The molecule has 2 aromatic heterocycles. The van der Waals surface area contributed by atoms with Gasteiger partial charge in [-0.1, -0.05) is 134 Å². The number of rotatable bonds is 6. The Morgan fingerprint density at radius 3 is 1.93 bits per heavy atom. The van der Waals surface area contributed by atoms with Crippen molar-refractivity contribution < 1.29 is 5.11 Å². The van der Waals surface area contributed by atoms with Crippen LogP contribution in [0, 0.1) is 6.92 Å². The Bertz CT molecular complexity index is 3090. The molecule has 0 aliphatic heterocycles. The SMILES string of the molecule is Cc1ccnc2c(-c3cccc(-c4cc(-c5cccc6ccccc56)cc5c4nc(-c4cc(C(C)(C)C)ccc4O)n5-c4ccc(C(C)(C)C)cc4)c3)cc(C(C)C)cc12. The maximum Gasteiger partial charge on any atom is 0.149 e. The van der Waals surface area contributed by atoms with Gasteiger partial charge in [-0.15, -0.1) is 0 Å². The molecular formula is C56H53N3O. The third kappa shape index (κ3) is 6.94. The zero-order valence-electron chi connectivity index (χ0n) is 36.2. The van der Waals surface area contributed by atoms with Crippen LogP contribution in [0.2, 0.25) is 0 Å². The van der Waals surface area contributed by atoms with Crippen molar-refractivity contribution in [3.8, 4) is 56.2 Å². The fraction of sp³-hybridized carbons (Fsp3) is 0.214. The first-order valence-corrected chi connectivity index (χ1v) is 21.2. The van der Waals surface area contributed by atoms with Gasteiger partial charge in [-0.3, -0.25) is 9.55 Å². The molecule has 2 heterocycles. The number of hydrogen-bond acceptors (Lipinski definition) is 3. The first-order chi connectivity index (χ1) is 28.7. The fourth-order valence-electron chi connectivity index (χ4n) is 8.58. The van der Waals surface area contributed by atoms with Gasteiger partial charge in [0.15, 0.2) is 0 Å². The molecule has 0 unspecified atom stereocenters. The number of aryl methyl sites for hydroxylation is 1. The molecule has 0 saturated heterocycles. The second-order valence-electron chi connectivity index (χ2n) is 18.8. The van der Waals surface area contributed by atoms with E-state index >= 15 is 0 Å². The van der Waals surface area contributed by atoms with Crippen molar-refractivity contribution in [2.24, 2.45) is 0 Å². The number of pyridine rings is 1. The molecule has 60 heavy (non-hydrogen) atoms. The molecule has 0 atom stereocenters. The highest BCUT2D eigenvalue weighted by molar-refractivity contribution is 6.04. The van der Waals surface area contributed by atoms with Gasteiger partial charge in [0.2, 0.25) is 0 Å². The summed E-state index contributed by atoms with van der Waals surface area (Å²) < 4.78 is 2.25. The van der Waals surface area contributed by atoms with Crippen LogP contribution in [-0.4, -0.2) is 19.6 Å². The first kappa shape index (κ1) is 39.0. The summed E-state index contributed by atoms with van der Waals surface area (Å²) in [5, 5.41) is 15.3. The predicted octanol–water partition coefficient (Wildman–Crippen LogP) is 15.1. The number of benzene rings is 7. The van der Waals surface area contributed by atoms with Crippen LogP contribution < -0.4 is 0 Å². The molecule has 0 spiro atoms. The van der Waals surface area contributed by atoms with E-state index in [0.717, 1.165) is 61.2 Å². The number of imidazole rings is 1. The summed E-state index contributed by atoms with van der Waals surface area (Å²) in [6, 6.07) is 50.1. The summed E-state index contributed by atoms with van der Waals surface area (Å²) in [6.07, 6.45) is 1.92. The molecule has 0 amide bonds. The Kier molecular flexibility index (Phi) is 9.51. The second kappa shape index (κ2) is 14.6. The number of fused-ring (bicyclic) bond motifs is 3. The third-order valence-electron chi connectivity index (χ3n) is 12.2. The highest BCUT2D eigenvalue weighted by atomic mass is 16.3. The minimum Gasteiger partial charge on any atom is -0.507 e. The zero-order chi connectivity index (χ0) is 42.1. The van der Waals surface area contributed by atoms with Gasteiger partial charge in [-0.25, -0.2) is 4.98 Å².